The molecule has 0 unspecified atom stereocenters. The van der Waals surface area contributed by atoms with Crippen LogP contribution in [-0.4, -0.2) is 24.2 Å². The fourth-order valence-electron chi connectivity index (χ4n) is 2.78. The van der Waals surface area contributed by atoms with Crippen LogP contribution in [0.1, 0.15) is 31.2 Å². The molecule has 3 heteroatoms. The monoisotopic (exact) mass is 232 g/mol. The number of hydrogen-bond acceptors (Lipinski definition) is 3. The van der Waals surface area contributed by atoms with E-state index in [-0.39, 0.29) is 5.54 Å². The van der Waals surface area contributed by atoms with Gasteiger partial charge in [0.15, 0.2) is 0 Å². The second kappa shape index (κ2) is 4.31. The van der Waals surface area contributed by atoms with Gasteiger partial charge in [-0.3, -0.25) is 0 Å². The third kappa shape index (κ3) is 2.31. The number of hydrogen-bond donors (Lipinski definition) is 3. The summed E-state index contributed by atoms with van der Waals surface area (Å²) in [7, 11) is 0. The zero-order valence-corrected chi connectivity index (χ0v) is 10.1. The molecule has 1 saturated heterocycles. The van der Waals surface area contributed by atoms with Gasteiger partial charge in [0.1, 0.15) is 5.75 Å². The number of phenols is 1. The smallest absolute Gasteiger partial charge is 0.115 e. The standard InChI is InChI=1S/C14H20N2O/c17-13-3-1-11(2-4-13)14(7-8-14)16-12-5-9-15-10-6-12/h1-4,12,15-17H,5-10H2. The van der Waals surface area contributed by atoms with Crippen molar-refractivity contribution in [2.24, 2.45) is 0 Å². The molecule has 2 aliphatic rings. The van der Waals surface area contributed by atoms with Crippen molar-refractivity contribution in [3.63, 3.8) is 0 Å². The van der Waals surface area contributed by atoms with Crippen molar-refractivity contribution in [3.05, 3.63) is 29.8 Å². The van der Waals surface area contributed by atoms with E-state index in [4.69, 9.17) is 0 Å². The number of aromatic hydroxyl groups is 1. The zero-order chi connectivity index (χ0) is 11.7. The van der Waals surface area contributed by atoms with Crippen LogP contribution in [0.15, 0.2) is 24.3 Å². The lowest BCUT2D eigenvalue weighted by Crippen LogP contribution is -2.44. The van der Waals surface area contributed by atoms with Gasteiger partial charge in [-0.2, -0.15) is 0 Å². The molecule has 0 radical (unpaired) electrons. The first-order chi connectivity index (χ1) is 8.28. The number of piperidine rings is 1. The highest BCUT2D eigenvalue weighted by molar-refractivity contribution is 5.34. The molecule has 0 amide bonds. The summed E-state index contributed by atoms with van der Waals surface area (Å²) in [6.45, 7) is 2.26. The van der Waals surface area contributed by atoms with Crippen LogP contribution in [0.4, 0.5) is 0 Å². The maximum absolute atomic E-state index is 9.34. The summed E-state index contributed by atoms with van der Waals surface area (Å²) in [6, 6.07) is 8.33. The molecule has 0 bridgehead atoms. The van der Waals surface area contributed by atoms with Gasteiger partial charge in [-0.15, -0.1) is 0 Å². The van der Waals surface area contributed by atoms with Gasteiger partial charge in [-0.05, 0) is 56.5 Å². The van der Waals surface area contributed by atoms with Crippen molar-refractivity contribution in [1.29, 1.82) is 0 Å². The zero-order valence-electron chi connectivity index (χ0n) is 10.1. The Bertz CT molecular complexity index is 378. The van der Waals surface area contributed by atoms with Crippen molar-refractivity contribution in [3.8, 4) is 5.75 Å². The van der Waals surface area contributed by atoms with Crippen molar-refractivity contribution < 1.29 is 5.11 Å². The van der Waals surface area contributed by atoms with Crippen molar-refractivity contribution in [2.45, 2.75) is 37.3 Å². The average Bonchev–Trinajstić information content (AvgIpc) is 3.12. The summed E-state index contributed by atoms with van der Waals surface area (Å²) in [5.41, 5.74) is 1.53. The molecular formula is C14H20N2O. The molecule has 2 fully saturated rings. The third-order valence-corrected chi connectivity index (χ3v) is 3.99. The van der Waals surface area contributed by atoms with E-state index in [2.05, 4.69) is 22.8 Å². The lowest BCUT2D eigenvalue weighted by molar-refractivity contribution is 0.339. The number of rotatable bonds is 3. The molecule has 1 aromatic carbocycles. The van der Waals surface area contributed by atoms with Gasteiger partial charge in [0.05, 0.1) is 0 Å². The van der Waals surface area contributed by atoms with E-state index in [0.29, 0.717) is 11.8 Å². The van der Waals surface area contributed by atoms with Gasteiger partial charge in [-0.1, -0.05) is 12.1 Å². The Balaban J connectivity index is 1.70. The summed E-state index contributed by atoms with van der Waals surface area (Å²) < 4.78 is 0. The second-order valence-corrected chi connectivity index (χ2v) is 5.30. The predicted molar refractivity (Wildman–Crippen MR) is 68.0 cm³/mol. The first kappa shape index (κ1) is 11.1. The van der Waals surface area contributed by atoms with Crippen LogP contribution in [0.2, 0.25) is 0 Å². The lowest BCUT2D eigenvalue weighted by Gasteiger charge is -2.29. The average molecular weight is 232 g/mol. The van der Waals surface area contributed by atoms with Crippen LogP contribution in [0.25, 0.3) is 0 Å². The lowest BCUT2D eigenvalue weighted by atomic mass is 10.00. The largest absolute Gasteiger partial charge is 0.508 e. The van der Waals surface area contributed by atoms with Crippen LogP contribution >= 0.6 is 0 Å². The molecule has 1 heterocycles. The Hall–Kier alpha value is -1.06. The summed E-state index contributed by atoms with van der Waals surface area (Å²) in [6.07, 6.45) is 4.89. The number of phenolic OH excluding ortho intramolecular Hbond substituents is 1. The van der Waals surface area contributed by atoms with E-state index in [1.54, 1.807) is 12.1 Å². The van der Waals surface area contributed by atoms with Gasteiger partial charge >= 0.3 is 0 Å². The Kier molecular flexibility index (Phi) is 2.81. The predicted octanol–water partition coefficient (Wildman–Crippen LogP) is 1.72. The van der Waals surface area contributed by atoms with Crippen molar-refractivity contribution in [2.75, 3.05) is 13.1 Å². The Morgan fingerprint density at radius 2 is 1.76 bits per heavy atom. The third-order valence-electron chi connectivity index (χ3n) is 3.99. The van der Waals surface area contributed by atoms with E-state index in [1.165, 1.54) is 31.2 Å². The maximum atomic E-state index is 9.34. The second-order valence-electron chi connectivity index (χ2n) is 5.30. The first-order valence-electron chi connectivity index (χ1n) is 6.56. The molecular weight excluding hydrogens is 212 g/mol. The fourth-order valence-corrected chi connectivity index (χ4v) is 2.78. The molecule has 3 N–H and O–H groups in total. The van der Waals surface area contributed by atoms with Gasteiger partial charge < -0.3 is 15.7 Å². The maximum Gasteiger partial charge on any atom is 0.115 e. The minimum atomic E-state index is 0.204. The van der Waals surface area contributed by atoms with E-state index in [9.17, 15) is 5.11 Å². The number of nitrogens with one attached hydrogen (secondary N) is 2. The van der Waals surface area contributed by atoms with Gasteiger partial charge in [0.25, 0.3) is 0 Å². The molecule has 1 aromatic rings. The molecule has 92 valence electrons. The topological polar surface area (TPSA) is 44.3 Å². The Morgan fingerprint density at radius 3 is 2.35 bits per heavy atom. The van der Waals surface area contributed by atoms with E-state index >= 15 is 0 Å². The fraction of sp³-hybridized carbons (Fsp3) is 0.571. The van der Waals surface area contributed by atoms with Crippen LogP contribution in [0.3, 0.4) is 0 Å². The molecule has 3 nitrogen and oxygen atoms in total. The highest BCUT2D eigenvalue weighted by Crippen LogP contribution is 2.46. The van der Waals surface area contributed by atoms with Crippen LogP contribution in [0, 0.1) is 0 Å². The quantitative estimate of drug-likeness (QED) is 0.743. The van der Waals surface area contributed by atoms with Crippen LogP contribution in [-0.2, 0) is 5.54 Å². The molecule has 3 rings (SSSR count). The van der Waals surface area contributed by atoms with Crippen LogP contribution < -0.4 is 10.6 Å². The van der Waals surface area contributed by atoms with E-state index in [0.717, 1.165) is 13.1 Å². The minimum Gasteiger partial charge on any atom is -0.508 e. The summed E-state index contributed by atoms with van der Waals surface area (Å²) >= 11 is 0. The number of benzene rings is 1. The Labute approximate surface area is 102 Å². The summed E-state index contributed by atoms with van der Waals surface area (Å²) in [4.78, 5) is 0. The molecule has 0 atom stereocenters. The minimum absolute atomic E-state index is 0.204. The molecule has 0 spiro atoms. The normalized spacial score (nSPS) is 23.5. The molecule has 0 aromatic heterocycles. The highest BCUT2D eigenvalue weighted by atomic mass is 16.3. The van der Waals surface area contributed by atoms with Gasteiger partial charge in [0, 0.05) is 11.6 Å². The highest BCUT2D eigenvalue weighted by Gasteiger charge is 2.45. The molecule has 1 aliphatic heterocycles. The molecule has 1 saturated carbocycles. The van der Waals surface area contributed by atoms with Crippen LogP contribution in [0.5, 0.6) is 5.75 Å². The van der Waals surface area contributed by atoms with Gasteiger partial charge in [0.2, 0.25) is 0 Å². The molecule has 17 heavy (non-hydrogen) atoms. The van der Waals surface area contributed by atoms with Crippen molar-refractivity contribution in [1.82, 2.24) is 10.6 Å². The SMILES string of the molecule is Oc1ccc(C2(NC3CCNCC3)CC2)cc1. The molecule has 1 aliphatic carbocycles. The first-order valence-corrected chi connectivity index (χ1v) is 6.56. The Morgan fingerprint density at radius 1 is 1.12 bits per heavy atom. The van der Waals surface area contributed by atoms with E-state index in [1.807, 2.05) is 0 Å². The van der Waals surface area contributed by atoms with Crippen molar-refractivity contribution >= 4 is 0 Å². The van der Waals surface area contributed by atoms with E-state index < -0.39 is 0 Å². The summed E-state index contributed by atoms with van der Waals surface area (Å²) in [5, 5.41) is 16.6. The van der Waals surface area contributed by atoms with Gasteiger partial charge in [-0.25, -0.2) is 0 Å². The summed E-state index contributed by atoms with van der Waals surface area (Å²) in [5.74, 6) is 0.353.